The number of fused-ring (bicyclic) bond motifs is 1. The minimum Gasteiger partial charge on any atom is -0.497 e. The predicted octanol–water partition coefficient (Wildman–Crippen LogP) is 3.54. The number of benzene rings is 2. The molecule has 1 N–H and O–H groups in total. The van der Waals surface area contributed by atoms with E-state index in [4.69, 9.17) is 4.74 Å². The fourth-order valence-corrected chi connectivity index (χ4v) is 2.92. The van der Waals surface area contributed by atoms with Crippen LogP contribution in [0.15, 0.2) is 46.9 Å². The topological polar surface area (TPSA) is 49.8 Å². The molecule has 0 aromatic heterocycles. The largest absolute Gasteiger partial charge is 0.497 e. The highest BCUT2D eigenvalue weighted by Gasteiger charge is 2.28. The van der Waals surface area contributed by atoms with Crippen molar-refractivity contribution in [3.63, 3.8) is 0 Å². The summed E-state index contributed by atoms with van der Waals surface area (Å²) in [7, 11) is 1.59. The third-order valence-electron chi connectivity index (χ3n) is 3.85. The molecular weight excluding hydrogens is 346 g/mol. The zero-order valence-electron chi connectivity index (χ0n) is 12.1. The summed E-state index contributed by atoms with van der Waals surface area (Å²) in [5.74, 6) is 0.613. The second kappa shape index (κ2) is 6.10. The summed E-state index contributed by atoms with van der Waals surface area (Å²) in [5.41, 5.74) is 2.10. The van der Waals surface area contributed by atoms with E-state index in [9.17, 15) is 9.90 Å². The average molecular weight is 362 g/mol. The molecule has 114 valence electrons. The van der Waals surface area contributed by atoms with Gasteiger partial charge in [0.15, 0.2) is 0 Å². The molecule has 2 aromatic rings. The minimum absolute atomic E-state index is 0.0641. The van der Waals surface area contributed by atoms with E-state index >= 15 is 0 Å². The highest BCUT2D eigenvalue weighted by atomic mass is 79.9. The van der Waals surface area contributed by atoms with Gasteiger partial charge in [0.25, 0.3) is 5.91 Å². The van der Waals surface area contributed by atoms with Gasteiger partial charge in [0.05, 0.1) is 18.9 Å². The van der Waals surface area contributed by atoms with Crippen LogP contribution in [0.5, 0.6) is 5.75 Å². The van der Waals surface area contributed by atoms with Crippen LogP contribution in [-0.2, 0) is 0 Å². The van der Waals surface area contributed by atoms with Gasteiger partial charge in [-0.05, 0) is 48.9 Å². The van der Waals surface area contributed by atoms with Crippen molar-refractivity contribution < 1.29 is 14.6 Å². The number of halogens is 1. The summed E-state index contributed by atoms with van der Waals surface area (Å²) in [6.07, 6.45) is -0.0540. The van der Waals surface area contributed by atoms with E-state index in [1.807, 2.05) is 18.2 Å². The van der Waals surface area contributed by atoms with E-state index in [0.29, 0.717) is 24.3 Å². The van der Waals surface area contributed by atoms with Crippen molar-refractivity contribution in [1.82, 2.24) is 0 Å². The van der Waals surface area contributed by atoms with Crippen LogP contribution < -0.4 is 9.64 Å². The van der Waals surface area contributed by atoms with Crippen LogP contribution in [0.4, 0.5) is 5.69 Å². The van der Waals surface area contributed by atoms with Crippen molar-refractivity contribution in [2.75, 3.05) is 18.6 Å². The number of carbonyl (C=O) groups is 1. The van der Waals surface area contributed by atoms with Crippen LogP contribution in [0, 0.1) is 0 Å². The fourth-order valence-electron chi connectivity index (χ4n) is 2.66. The fraction of sp³-hybridized carbons (Fsp3) is 0.235. The first-order chi connectivity index (χ1) is 10.6. The molecule has 1 heterocycles. The van der Waals surface area contributed by atoms with Crippen molar-refractivity contribution in [3.05, 3.63) is 58.1 Å². The SMILES string of the molecule is COc1ccc2c(c1)C(O)CCN2C(=O)c1ccc(Br)cc1. The van der Waals surface area contributed by atoms with Crippen LogP contribution in [0.3, 0.4) is 0 Å². The summed E-state index contributed by atoms with van der Waals surface area (Å²) < 4.78 is 6.14. The molecule has 4 nitrogen and oxygen atoms in total. The Morgan fingerprint density at radius 1 is 1.27 bits per heavy atom. The molecule has 0 saturated heterocycles. The molecule has 1 atom stereocenters. The van der Waals surface area contributed by atoms with Crippen molar-refractivity contribution in [1.29, 1.82) is 0 Å². The highest BCUT2D eigenvalue weighted by Crippen LogP contribution is 2.36. The number of ether oxygens (including phenoxy) is 1. The standard InChI is InChI=1S/C17H16BrNO3/c1-22-13-6-7-15-14(10-13)16(20)8-9-19(15)17(21)11-2-4-12(18)5-3-11/h2-7,10,16,20H,8-9H2,1H3. The number of rotatable bonds is 2. The summed E-state index contributed by atoms with van der Waals surface area (Å²) >= 11 is 3.37. The molecule has 1 amide bonds. The minimum atomic E-state index is -0.570. The first-order valence-electron chi connectivity index (χ1n) is 7.03. The normalized spacial score (nSPS) is 17.0. The van der Waals surface area contributed by atoms with E-state index in [0.717, 1.165) is 15.7 Å². The molecule has 2 aromatic carbocycles. The Hall–Kier alpha value is -1.85. The van der Waals surface area contributed by atoms with Gasteiger partial charge in [0.2, 0.25) is 0 Å². The number of anilines is 1. The maximum Gasteiger partial charge on any atom is 0.258 e. The third-order valence-corrected chi connectivity index (χ3v) is 4.38. The lowest BCUT2D eigenvalue weighted by Crippen LogP contribution is -2.36. The second-order valence-corrected chi connectivity index (χ2v) is 6.11. The van der Waals surface area contributed by atoms with E-state index in [2.05, 4.69) is 15.9 Å². The molecule has 0 radical (unpaired) electrons. The number of aliphatic hydroxyl groups is 1. The Labute approximate surface area is 137 Å². The monoisotopic (exact) mass is 361 g/mol. The van der Waals surface area contributed by atoms with E-state index in [1.54, 1.807) is 36.3 Å². The molecule has 0 saturated carbocycles. The third kappa shape index (κ3) is 2.74. The van der Waals surface area contributed by atoms with Gasteiger partial charge < -0.3 is 14.7 Å². The molecule has 1 aliphatic rings. The molecule has 1 aliphatic heterocycles. The first kappa shape index (κ1) is 15.1. The van der Waals surface area contributed by atoms with Gasteiger partial charge in [-0.2, -0.15) is 0 Å². The first-order valence-corrected chi connectivity index (χ1v) is 7.83. The van der Waals surface area contributed by atoms with Gasteiger partial charge in [0, 0.05) is 22.1 Å². The van der Waals surface area contributed by atoms with Gasteiger partial charge in [-0.1, -0.05) is 15.9 Å². The Morgan fingerprint density at radius 3 is 2.68 bits per heavy atom. The van der Waals surface area contributed by atoms with Gasteiger partial charge in [-0.15, -0.1) is 0 Å². The molecule has 0 bridgehead atoms. The van der Waals surface area contributed by atoms with Gasteiger partial charge in [-0.3, -0.25) is 4.79 Å². The molecule has 1 unspecified atom stereocenters. The molecule has 5 heteroatoms. The number of hydrogen-bond acceptors (Lipinski definition) is 3. The summed E-state index contributed by atoms with van der Waals surface area (Å²) in [6, 6.07) is 12.7. The Morgan fingerprint density at radius 2 is 2.00 bits per heavy atom. The number of amides is 1. The molecular formula is C17H16BrNO3. The van der Waals surface area contributed by atoms with Crippen molar-refractivity contribution >= 4 is 27.5 Å². The molecule has 0 spiro atoms. The van der Waals surface area contributed by atoms with E-state index in [1.165, 1.54) is 0 Å². The van der Waals surface area contributed by atoms with Gasteiger partial charge in [-0.25, -0.2) is 0 Å². The Balaban J connectivity index is 1.98. The lowest BCUT2D eigenvalue weighted by molar-refractivity contribution is 0.0970. The van der Waals surface area contributed by atoms with E-state index in [-0.39, 0.29) is 5.91 Å². The number of methoxy groups -OCH3 is 1. The lowest BCUT2D eigenvalue weighted by atomic mass is 9.97. The maximum absolute atomic E-state index is 12.7. The summed E-state index contributed by atoms with van der Waals surface area (Å²) in [6.45, 7) is 0.495. The quantitative estimate of drug-likeness (QED) is 0.889. The number of hydrogen-bond donors (Lipinski definition) is 1. The lowest BCUT2D eigenvalue weighted by Gasteiger charge is -2.32. The van der Waals surface area contributed by atoms with Crippen LogP contribution in [0.1, 0.15) is 28.4 Å². The van der Waals surface area contributed by atoms with Crippen molar-refractivity contribution in [2.24, 2.45) is 0 Å². The van der Waals surface area contributed by atoms with Gasteiger partial charge >= 0.3 is 0 Å². The smallest absolute Gasteiger partial charge is 0.258 e. The van der Waals surface area contributed by atoms with Crippen molar-refractivity contribution in [2.45, 2.75) is 12.5 Å². The maximum atomic E-state index is 12.7. The van der Waals surface area contributed by atoms with Crippen LogP contribution in [0.25, 0.3) is 0 Å². The number of aliphatic hydroxyl groups excluding tert-OH is 1. The van der Waals surface area contributed by atoms with Crippen molar-refractivity contribution in [3.8, 4) is 5.75 Å². The number of carbonyl (C=O) groups excluding carboxylic acids is 1. The molecule has 3 rings (SSSR count). The molecule has 0 aliphatic carbocycles. The Kier molecular flexibility index (Phi) is 4.18. The average Bonchev–Trinajstić information content (AvgIpc) is 2.55. The van der Waals surface area contributed by atoms with E-state index < -0.39 is 6.10 Å². The highest BCUT2D eigenvalue weighted by molar-refractivity contribution is 9.10. The van der Waals surface area contributed by atoms with Gasteiger partial charge in [0.1, 0.15) is 5.75 Å². The van der Waals surface area contributed by atoms with Crippen LogP contribution >= 0.6 is 15.9 Å². The summed E-state index contributed by atoms with van der Waals surface area (Å²) in [5, 5.41) is 10.2. The van der Waals surface area contributed by atoms with Crippen LogP contribution in [-0.4, -0.2) is 24.7 Å². The second-order valence-electron chi connectivity index (χ2n) is 5.19. The Bertz CT molecular complexity index is 700. The zero-order chi connectivity index (χ0) is 15.7. The zero-order valence-corrected chi connectivity index (χ0v) is 13.7. The molecule has 22 heavy (non-hydrogen) atoms. The number of nitrogens with zero attached hydrogens (tertiary/aromatic N) is 1. The molecule has 0 fully saturated rings. The predicted molar refractivity (Wildman–Crippen MR) is 88.4 cm³/mol. The van der Waals surface area contributed by atoms with Crippen LogP contribution in [0.2, 0.25) is 0 Å². The summed E-state index contributed by atoms with van der Waals surface area (Å²) in [4.78, 5) is 14.4.